The highest BCUT2D eigenvalue weighted by Gasteiger charge is 2.22. The molecular weight excluding hydrogens is 240 g/mol. The fourth-order valence-corrected chi connectivity index (χ4v) is 2.04. The van der Waals surface area contributed by atoms with Gasteiger partial charge in [0.1, 0.15) is 5.75 Å². The molecule has 19 heavy (non-hydrogen) atoms. The molecule has 108 valence electrons. The summed E-state index contributed by atoms with van der Waals surface area (Å²) in [7, 11) is 1.69. The number of hydrogen-bond acceptors (Lipinski definition) is 3. The normalized spacial score (nSPS) is 13.4. The van der Waals surface area contributed by atoms with Crippen LogP contribution in [0.5, 0.6) is 5.75 Å². The van der Waals surface area contributed by atoms with Crippen molar-refractivity contribution >= 4 is 0 Å². The van der Waals surface area contributed by atoms with Crippen LogP contribution in [0.15, 0.2) is 12.1 Å². The first-order valence-corrected chi connectivity index (χ1v) is 6.70. The Labute approximate surface area is 116 Å². The number of aliphatic hydroxyl groups excluding tert-OH is 1. The Morgan fingerprint density at radius 1 is 1.26 bits per heavy atom. The van der Waals surface area contributed by atoms with Crippen molar-refractivity contribution in [3.63, 3.8) is 0 Å². The standard InChI is InChI=1S/C16H26O3/c1-11-7-13(10-19-12(2)9-17)15(18-6)14(8-11)16(3,4)5/h7-8,12,17H,9-10H2,1-6H3. The highest BCUT2D eigenvalue weighted by molar-refractivity contribution is 5.47. The van der Waals surface area contributed by atoms with Crippen LogP contribution in [-0.2, 0) is 16.8 Å². The molecule has 0 radical (unpaired) electrons. The van der Waals surface area contributed by atoms with Gasteiger partial charge in [0.2, 0.25) is 0 Å². The van der Waals surface area contributed by atoms with Gasteiger partial charge >= 0.3 is 0 Å². The van der Waals surface area contributed by atoms with Crippen LogP contribution in [0.1, 0.15) is 44.4 Å². The molecule has 0 fully saturated rings. The van der Waals surface area contributed by atoms with Gasteiger partial charge in [-0.1, -0.05) is 38.5 Å². The smallest absolute Gasteiger partial charge is 0.128 e. The van der Waals surface area contributed by atoms with Gasteiger partial charge in [0.25, 0.3) is 0 Å². The fraction of sp³-hybridized carbons (Fsp3) is 0.625. The van der Waals surface area contributed by atoms with E-state index in [9.17, 15) is 0 Å². The van der Waals surface area contributed by atoms with Crippen molar-refractivity contribution in [2.45, 2.75) is 52.7 Å². The highest BCUT2D eigenvalue weighted by atomic mass is 16.5. The minimum absolute atomic E-state index is 0.0225. The van der Waals surface area contributed by atoms with E-state index < -0.39 is 0 Å². The molecule has 1 unspecified atom stereocenters. The summed E-state index contributed by atoms with van der Waals surface area (Å²) in [4.78, 5) is 0. The lowest BCUT2D eigenvalue weighted by Gasteiger charge is -2.25. The van der Waals surface area contributed by atoms with Crippen LogP contribution >= 0.6 is 0 Å². The van der Waals surface area contributed by atoms with Gasteiger partial charge in [-0.3, -0.25) is 0 Å². The summed E-state index contributed by atoms with van der Waals surface area (Å²) in [5.41, 5.74) is 3.44. The van der Waals surface area contributed by atoms with E-state index in [4.69, 9.17) is 14.6 Å². The molecule has 0 spiro atoms. The third-order valence-electron chi connectivity index (χ3n) is 3.10. The van der Waals surface area contributed by atoms with Gasteiger partial charge in [-0.15, -0.1) is 0 Å². The zero-order chi connectivity index (χ0) is 14.6. The number of rotatable bonds is 5. The molecular formula is C16H26O3. The molecule has 1 atom stereocenters. The lowest BCUT2D eigenvalue weighted by atomic mass is 9.84. The van der Waals surface area contributed by atoms with Gasteiger partial charge in [-0.25, -0.2) is 0 Å². The van der Waals surface area contributed by atoms with Crippen molar-refractivity contribution < 1.29 is 14.6 Å². The van der Waals surface area contributed by atoms with E-state index in [1.54, 1.807) is 7.11 Å². The molecule has 1 N–H and O–H groups in total. The van der Waals surface area contributed by atoms with Crippen LogP contribution in [-0.4, -0.2) is 24.9 Å². The first kappa shape index (κ1) is 16.0. The molecule has 0 saturated carbocycles. The van der Waals surface area contributed by atoms with Gasteiger partial charge < -0.3 is 14.6 Å². The lowest BCUT2D eigenvalue weighted by molar-refractivity contribution is 0.0136. The molecule has 0 aliphatic carbocycles. The van der Waals surface area contributed by atoms with Gasteiger partial charge in [-0.05, 0) is 19.3 Å². The summed E-state index contributed by atoms with van der Waals surface area (Å²) < 4.78 is 11.2. The summed E-state index contributed by atoms with van der Waals surface area (Å²) in [6.07, 6.45) is -0.164. The molecule has 1 aromatic carbocycles. The number of aliphatic hydroxyl groups is 1. The van der Waals surface area contributed by atoms with Crippen molar-refractivity contribution in [1.29, 1.82) is 0 Å². The van der Waals surface area contributed by atoms with Crippen molar-refractivity contribution in [3.05, 3.63) is 28.8 Å². The molecule has 0 aliphatic rings. The van der Waals surface area contributed by atoms with E-state index in [1.807, 2.05) is 6.92 Å². The first-order chi connectivity index (χ1) is 8.79. The molecule has 1 aromatic rings. The summed E-state index contributed by atoms with van der Waals surface area (Å²) >= 11 is 0. The molecule has 0 heterocycles. The molecule has 3 heteroatoms. The molecule has 0 aromatic heterocycles. The van der Waals surface area contributed by atoms with E-state index in [-0.39, 0.29) is 18.1 Å². The van der Waals surface area contributed by atoms with Crippen molar-refractivity contribution in [2.75, 3.05) is 13.7 Å². The van der Waals surface area contributed by atoms with Gasteiger partial charge in [0.05, 0.1) is 26.4 Å². The largest absolute Gasteiger partial charge is 0.496 e. The Hall–Kier alpha value is -1.06. The second kappa shape index (κ2) is 6.40. The molecule has 0 amide bonds. The lowest BCUT2D eigenvalue weighted by Crippen LogP contribution is -2.16. The molecule has 0 bridgehead atoms. The summed E-state index contributed by atoms with van der Waals surface area (Å²) in [5.74, 6) is 0.892. The molecule has 1 rings (SSSR count). The van der Waals surface area contributed by atoms with Crippen LogP contribution in [0.3, 0.4) is 0 Å². The van der Waals surface area contributed by atoms with Crippen LogP contribution < -0.4 is 4.74 Å². The Morgan fingerprint density at radius 3 is 2.37 bits per heavy atom. The van der Waals surface area contributed by atoms with Crippen molar-refractivity contribution in [2.24, 2.45) is 0 Å². The highest BCUT2D eigenvalue weighted by Crippen LogP contribution is 2.35. The molecule has 0 aliphatic heterocycles. The Kier molecular flexibility index (Phi) is 5.39. The second-order valence-electron chi connectivity index (χ2n) is 6.06. The maximum absolute atomic E-state index is 9.02. The van der Waals surface area contributed by atoms with E-state index >= 15 is 0 Å². The van der Waals surface area contributed by atoms with Crippen LogP contribution in [0, 0.1) is 6.92 Å². The second-order valence-corrected chi connectivity index (χ2v) is 6.06. The van der Waals surface area contributed by atoms with Gasteiger partial charge in [-0.2, -0.15) is 0 Å². The zero-order valence-electron chi connectivity index (χ0n) is 12.9. The quantitative estimate of drug-likeness (QED) is 0.889. The van der Waals surface area contributed by atoms with E-state index in [1.165, 1.54) is 11.1 Å². The number of methoxy groups -OCH3 is 1. The summed E-state index contributed by atoms with van der Waals surface area (Å²) in [6.45, 7) is 10.9. The number of benzene rings is 1. The SMILES string of the molecule is COc1c(COC(C)CO)cc(C)cc1C(C)(C)C. The fourth-order valence-electron chi connectivity index (χ4n) is 2.04. The van der Waals surface area contributed by atoms with E-state index in [0.29, 0.717) is 6.61 Å². The summed E-state index contributed by atoms with van der Waals surface area (Å²) in [6, 6.07) is 4.25. The number of hydrogen-bond donors (Lipinski definition) is 1. The Bertz CT molecular complexity index is 419. The molecule has 0 saturated heterocycles. The monoisotopic (exact) mass is 266 g/mol. The maximum Gasteiger partial charge on any atom is 0.128 e. The van der Waals surface area contributed by atoms with Crippen LogP contribution in [0.25, 0.3) is 0 Å². The third-order valence-corrected chi connectivity index (χ3v) is 3.10. The average Bonchev–Trinajstić information content (AvgIpc) is 2.34. The number of aryl methyl sites for hydroxylation is 1. The van der Waals surface area contributed by atoms with Crippen LogP contribution in [0.2, 0.25) is 0 Å². The third kappa shape index (κ3) is 4.22. The maximum atomic E-state index is 9.02. The van der Waals surface area contributed by atoms with Gasteiger partial charge in [0, 0.05) is 11.1 Å². The zero-order valence-corrected chi connectivity index (χ0v) is 12.9. The molecule has 3 nitrogen and oxygen atoms in total. The predicted octanol–water partition coefficient (Wildman–Crippen LogP) is 3.20. The Morgan fingerprint density at radius 2 is 1.89 bits per heavy atom. The Balaban J connectivity index is 3.13. The number of ether oxygens (including phenoxy) is 2. The van der Waals surface area contributed by atoms with Crippen molar-refractivity contribution in [3.8, 4) is 5.75 Å². The minimum Gasteiger partial charge on any atom is -0.496 e. The average molecular weight is 266 g/mol. The van der Waals surface area contributed by atoms with Crippen molar-refractivity contribution in [1.82, 2.24) is 0 Å². The topological polar surface area (TPSA) is 38.7 Å². The first-order valence-electron chi connectivity index (χ1n) is 6.70. The van der Waals surface area contributed by atoms with E-state index in [0.717, 1.165) is 11.3 Å². The van der Waals surface area contributed by atoms with Crippen LogP contribution in [0.4, 0.5) is 0 Å². The summed E-state index contributed by atoms with van der Waals surface area (Å²) in [5, 5.41) is 9.02. The minimum atomic E-state index is -0.164. The van der Waals surface area contributed by atoms with Gasteiger partial charge in [0.15, 0.2) is 0 Å². The predicted molar refractivity (Wildman–Crippen MR) is 77.8 cm³/mol. The van der Waals surface area contributed by atoms with E-state index in [2.05, 4.69) is 39.8 Å².